The Morgan fingerprint density at radius 2 is 1.94 bits per heavy atom. The van der Waals surface area contributed by atoms with E-state index in [1.165, 1.54) is 23.5 Å². The predicted molar refractivity (Wildman–Crippen MR) is 140 cm³/mol. The van der Waals surface area contributed by atoms with Crippen LogP contribution in [0.5, 0.6) is 0 Å². The molecular weight excluding hydrogens is 481 g/mol. The minimum Gasteiger partial charge on any atom is -0.304 e. The molecule has 0 atom stereocenters. The van der Waals surface area contributed by atoms with Crippen LogP contribution >= 0.6 is 23.3 Å². The van der Waals surface area contributed by atoms with Crippen molar-refractivity contribution in [2.45, 2.75) is 31.6 Å². The molecule has 1 fully saturated rings. The largest absolute Gasteiger partial charge is 0.304 e. The molecule has 3 aromatic heterocycles. The first-order valence-electron chi connectivity index (χ1n) is 11.6. The van der Waals surface area contributed by atoms with Gasteiger partial charge in [0, 0.05) is 49.8 Å². The standard InChI is InChI=1S/C25H26FN7S2/c1-31(25-29-22(16-35-25)17-5-7-19(26)8-6-17)24-21(4-3-13-27)28-23-10-9-20(30-33(23)24)18-11-14-32(34-2)15-12-18/h5-10,16,18H,3-4,11-12,14-15H2,1-2H3. The summed E-state index contributed by atoms with van der Waals surface area (Å²) >= 11 is 3.31. The molecule has 0 amide bonds. The van der Waals surface area contributed by atoms with Gasteiger partial charge in [0.15, 0.2) is 16.6 Å². The van der Waals surface area contributed by atoms with E-state index >= 15 is 0 Å². The summed E-state index contributed by atoms with van der Waals surface area (Å²) in [5, 5.41) is 17.0. The second-order valence-corrected chi connectivity index (χ2v) is 10.3. The van der Waals surface area contributed by atoms with E-state index in [0.29, 0.717) is 18.8 Å². The van der Waals surface area contributed by atoms with Crippen LogP contribution in [-0.2, 0) is 6.42 Å². The van der Waals surface area contributed by atoms with Crippen LogP contribution in [0.2, 0.25) is 0 Å². The quantitative estimate of drug-likeness (QED) is 0.298. The fraction of sp³-hybridized carbons (Fsp3) is 0.360. The average molecular weight is 508 g/mol. The normalized spacial score (nSPS) is 14.9. The summed E-state index contributed by atoms with van der Waals surface area (Å²) in [5.41, 5.74) is 4.32. The molecule has 0 aliphatic carbocycles. The molecule has 4 aromatic rings. The van der Waals surface area contributed by atoms with E-state index in [0.717, 1.165) is 65.2 Å². The molecule has 0 N–H and O–H groups in total. The van der Waals surface area contributed by atoms with Gasteiger partial charge in [-0.3, -0.25) is 4.31 Å². The molecule has 7 nitrogen and oxygen atoms in total. The van der Waals surface area contributed by atoms with E-state index in [9.17, 15) is 9.65 Å². The Kier molecular flexibility index (Phi) is 7.00. The van der Waals surface area contributed by atoms with E-state index in [1.807, 2.05) is 27.9 Å². The minimum atomic E-state index is -0.268. The van der Waals surface area contributed by atoms with Crippen LogP contribution < -0.4 is 4.90 Å². The second-order valence-electron chi connectivity index (χ2n) is 8.54. The van der Waals surface area contributed by atoms with Gasteiger partial charge in [-0.25, -0.2) is 14.4 Å². The first-order valence-corrected chi connectivity index (χ1v) is 13.6. The highest BCUT2D eigenvalue weighted by atomic mass is 32.2. The summed E-state index contributed by atoms with van der Waals surface area (Å²) < 4.78 is 17.7. The number of halogens is 1. The molecule has 35 heavy (non-hydrogen) atoms. The van der Waals surface area contributed by atoms with Crippen LogP contribution in [0.1, 0.15) is 36.6 Å². The SMILES string of the molecule is CSN1CCC(c2ccc3nc(CCC#N)c(N(C)c4nc(-c5ccc(F)cc5)cs4)n3n2)CC1. The van der Waals surface area contributed by atoms with Crippen LogP contribution in [0.15, 0.2) is 41.8 Å². The second kappa shape index (κ2) is 10.3. The Balaban J connectivity index is 1.50. The number of rotatable bonds is 7. The van der Waals surface area contributed by atoms with E-state index in [4.69, 9.17) is 15.1 Å². The number of hydrogen-bond donors (Lipinski definition) is 0. The number of nitrogens with zero attached hydrogens (tertiary/aromatic N) is 7. The number of anilines is 2. The number of aryl methyl sites for hydroxylation is 1. The Hall–Kier alpha value is -3.00. The minimum absolute atomic E-state index is 0.268. The smallest absolute Gasteiger partial charge is 0.191 e. The van der Waals surface area contributed by atoms with E-state index < -0.39 is 0 Å². The molecule has 0 unspecified atom stereocenters. The molecule has 180 valence electrons. The Labute approximate surface area is 212 Å². The summed E-state index contributed by atoms with van der Waals surface area (Å²) in [7, 11) is 1.96. The number of benzene rings is 1. The fourth-order valence-corrected chi connectivity index (χ4v) is 5.85. The number of imidazole rings is 1. The van der Waals surface area contributed by atoms with Gasteiger partial charge in [0.25, 0.3) is 0 Å². The topological polar surface area (TPSA) is 73.4 Å². The molecule has 0 spiro atoms. The Morgan fingerprint density at radius 3 is 2.66 bits per heavy atom. The van der Waals surface area contributed by atoms with Gasteiger partial charge in [0.2, 0.25) is 0 Å². The first kappa shape index (κ1) is 23.7. The molecule has 0 radical (unpaired) electrons. The molecule has 4 heterocycles. The van der Waals surface area contributed by atoms with Crippen LogP contribution in [0.4, 0.5) is 15.3 Å². The van der Waals surface area contributed by atoms with Gasteiger partial charge in [-0.05, 0) is 55.5 Å². The third-order valence-corrected chi connectivity index (χ3v) is 8.18. The lowest BCUT2D eigenvalue weighted by atomic mass is 9.94. The zero-order chi connectivity index (χ0) is 24.4. The highest BCUT2D eigenvalue weighted by Crippen LogP contribution is 2.35. The number of nitriles is 1. The maximum absolute atomic E-state index is 13.4. The predicted octanol–water partition coefficient (Wildman–Crippen LogP) is 5.67. The number of hydrogen-bond acceptors (Lipinski definition) is 8. The van der Waals surface area contributed by atoms with Crippen molar-refractivity contribution in [1.82, 2.24) is 23.9 Å². The van der Waals surface area contributed by atoms with Crippen LogP contribution in [0, 0.1) is 17.1 Å². The zero-order valence-corrected chi connectivity index (χ0v) is 21.3. The summed E-state index contributed by atoms with van der Waals surface area (Å²) in [5.74, 6) is 0.977. The maximum Gasteiger partial charge on any atom is 0.191 e. The van der Waals surface area contributed by atoms with E-state index in [1.54, 1.807) is 24.1 Å². The van der Waals surface area contributed by atoms with Gasteiger partial charge in [-0.1, -0.05) is 11.9 Å². The van der Waals surface area contributed by atoms with E-state index in [2.05, 4.69) is 22.7 Å². The highest BCUT2D eigenvalue weighted by molar-refractivity contribution is 7.96. The monoisotopic (exact) mass is 507 g/mol. The summed E-state index contributed by atoms with van der Waals surface area (Å²) in [4.78, 5) is 11.6. The third kappa shape index (κ3) is 4.89. The lowest BCUT2D eigenvalue weighted by Gasteiger charge is -2.29. The average Bonchev–Trinajstić information content (AvgIpc) is 3.52. The molecule has 1 aromatic carbocycles. The maximum atomic E-state index is 13.4. The molecule has 1 saturated heterocycles. The first-order chi connectivity index (χ1) is 17.1. The summed E-state index contributed by atoms with van der Waals surface area (Å²) in [6, 6.07) is 12.7. The van der Waals surface area contributed by atoms with Crippen molar-refractivity contribution in [3.63, 3.8) is 0 Å². The van der Waals surface area contributed by atoms with Crippen LogP contribution in [-0.4, -0.2) is 50.3 Å². The molecule has 5 rings (SSSR count). The van der Waals surface area contributed by atoms with Crippen molar-refractivity contribution in [3.05, 3.63) is 59.0 Å². The van der Waals surface area contributed by atoms with Crippen molar-refractivity contribution in [1.29, 1.82) is 5.26 Å². The summed E-state index contributed by atoms with van der Waals surface area (Å²) in [6.45, 7) is 2.11. The number of fused-ring (bicyclic) bond motifs is 1. The number of aromatic nitrogens is 4. The molecule has 0 saturated carbocycles. The molecule has 10 heteroatoms. The number of thiazole rings is 1. The molecular formula is C25H26FN7S2. The van der Waals surface area contributed by atoms with Crippen molar-refractivity contribution in [2.24, 2.45) is 0 Å². The van der Waals surface area contributed by atoms with Crippen LogP contribution in [0.25, 0.3) is 16.9 Å². The van der Waals surface area contributed by atoms with Gasteiger partial charge >= 0.3 is 0 Å². The lowest BCUT2D eigenvalue weighted by Crippen LogP contribution is -2.27. The third-order valence-electron chi connectivity index (χ3n) is 6.38. The van der Waals surface area contributed by atoms with Crippen molar-refractivity contribution < 1.29 is 4.39 Å². The summed E-state index contributed by atoms with van der Waals surface area (Å²) in [6.07, 6.45) is 5.20. The van der Waals surface area contributed by atoms with E-state index in [-0.39, 0.29) is 5.82 Å². The molecule has 1 aliphatic heterocycles. The molecule has 0 bridgehead atoms. The molecule has 1 aliphatic rings. The number of piperidine rings is 1. The van der Waals surface area contributed by atoms with Gasteiger partial charge in [-0.2, -0.15) is 14.9 Å². The Bertz CT molecular complexity index is 1350. The fourth-order valence-electron chi connectivity index (χ4n) is 4.47. The van der Waals surface area contributed by atoms with Crippen molar-refractivity contribution >= 4 is 39.9 Å². The van der Waals surface area contributed by atoms with Gasteiger partial charge in [-0.15, -0.1) is 11.3 Å². The van der Waals surface area contributed by atoms with Gasteiger partial charge < -0.3 is 4.90 Å². The Morgan fingerprint density at radius 1 is 1.17 bits per heavy atom. The van der Waals surface area contributed by atoms with Crippen LogP contribution in [0.3, 0.4) is 0 Å². The van der Waals surface area contributed by atoms with Crippen molar-refractivity contribution in [3.8, 4) is 17.3 Å². The lowest BCUT2D eigenvalue weighted by molar-refractivity contribution is 0.342. The van der Waals surface area contributed by atoms with Gasteiger partial charge in [0.05, 0.1) is 23.2 Å². The highest BCUT2D eigenvalue weighted by Gasteiger charge is 2.25. The van der Waals surface area contributed by atoms with Gasteiger partial charge in [0.1, 0.15) is 5.82 Å². The van der Waals surface area contributed by atoms with Crippen molar-refractivity contribution in [2.75, 3.05) is 31.3 Å². The zero-order valence-electron chi connectivity index (χ0n) is 19.7.